The predicted molar refractivity (Wildman–Crippen MR) is 87.2 cm³/mol. The monoisotopic (exact) mass is 331 g/mol. The quantitative estimate of drug-likeness (QED) is 0.925. The number of carbonyl (C=O) groups is 1. The number of aromatic hydroxyl groups is 1. The van der Waals surface area contributed by atoms with E-state index in [4.69, 9.17) is 9.47 Å². The van der Waals surface area contributed by atoms with E-state index in [1.54, 1.807) is 23.2 Å². The highest BCUT2D eigenvalue weighted by Crippen LogP contribution is 2.27. The maximum absolute atomic E-state index is 12.7. The average molecular weight is 331 g/mol. The molecule has 1 aliphatic rings. The van der Waals surface area contributed by atoms with Gasteiger partial charge in [-0.3, -0.25) is 9.48 Å². The first kappa shape index (κ1) is 16.3. The van der Waals surface area contributed by atoms with Crippen molar-refractivity contribution in [2.75, 3.05) is 26.8 Å². The Balaban J connectivity index is 1.75. The van der Waals surface area contributed by atoms with E-state index in [1.807, 2.05) is 17.8 Å². The van der Waals surface area contributed by atoms with Crippen LogP contribution in [0.2, 0.25) is 0 Å². The number of hydrogen-bond donors (Lipinski definition) is 1. The van der Waals surface area contributed by atoms with Crippen LogP contribution in [-0.2, 0) is 11.3 Å². The Morgan fingerprint density at radius 3 is 3.00 bits per heavy atom. The number of nitrogens with zero attached hydrogens (tertiary/aromatic N) is 3. The Kier molecular flexibility index (Phi) is 4.71. The van der Waals surface area contributed by atoms with Crippen molar-refractivity contribution in [2.45, 2.75) is 19.6 Å². The van der Waals surface area contributed by atoms with E-state index in [2.05, 4.69) is 5.10 Å². The number of rotatable bonds is 4. The molecular weight excluding hydrogens is 310 g/mol. The first-order chi connectivity index (χ1) is 11.6. The number of methoxy groups -OCH3 is 1. The molecule has 1 aliphatic heterocycles. The van der Waals surface area contributed by atoms with Gasteiger partial charge in [-0.1, -0.05) is 0 Å². The van der Waals surface area contributed by atoms with Gasteiger partial charge in [-0.05, 0) is 19.1 Å². The second kappa shape index (κ2) is 6.92. The Labute approximate surface area is 140 Å². The molecule has 1 N–H and O–H groups in total. The summed E-state index contributed by atoms with van der Waals surface area (Å²) < 4.78 is 12.7. The van der Waals surface area contributed by atoms with E-state index in [0.29, 0.717) is 25.4 Å². The number of phenolic OH excluding ortho intramolecular Hbond substituents is 1. The highest BCUT2D eigenvalue weighted by Gasteiger charge is 2.28. The largest absolute Gasteiger partial charge is 0.507 e. The lowest BCUT2D eigenvalue weighted by atomic mass is 10.1. The zero-order chi connectivity index (χ0) is 17.1. The molecule has 1 amide bonds. The summed E-state index contributed by atoms with van der Waals surface area (Å²) >= 11 is 0. The third-order valence-corrected chi connectivity index (χ3v) is 4.14. The molecule has 0 radical (unpaired) electrons. The van der Waals surface area contributed by atoms with Crippen molar-refractivity contribution in [2.24, 2.45) is 0 Å². The number of aryl methyl sites for hydroxylation is 1. The molecule has 0 bridgehead atoms. The normalized spacial score (nSPS) is 17.8. The SMILES string of the molecule is CCn1cc(C2CN(C(=O)c3ccc(OC)cc3O)CCO2)cn1. The lowest BCUT2D eigenvalue weighted by molar-refractivity contribution is -0.0229. The molecule has 1 aromatic heterocycles. The van der Waals surface area contributed by atoms with Gasteiger partial charge in [-0.25, -0.2) is 0 Å². The van der Waals surface area contributed by atoms with Gasteiger partial charge in [-0.2, -0.15) is 5.10 Å². The van der Waals surface area contributed by atoms with Gasteiger partial charge in [0.2, 0.25) is 0 Å². The van der Waals surface area contributed by atoms with Crippen LogP contribution >= 0.6 is 0 Å². The van der Waals surface area contributed by atoms with Crippen LogP contribution in [0.1, 0.15) is 28.9 Å². The minimum absolute atomic E-state index is 0.0822. The minimum Gasteiger partial charge on any atom is -0.507 e. The predicted octanol–water partition coefficient (Wildman–Crippen LogP) is 1.83. The number of benzene rings is 1. The summed E-state index contributed by atoms with van der Waals surface area (Å²) in [6, 6.07) is 4.68. The van der Waals surface area contributed by atoms with Gasteiger partial charge in [0.25, 0.3) is 5.91 Å². The van der Waals surface area contributed by atoms with Crippen molar-refractivity contribution in [3.8, 4) is 11.5 Å². The maximum atomic E-state index is 12.7. The second-order valence-electron chi connectivity index (χ2n) is 5.62. The standard InChI is InChI=1S/C17H21N3O4/c1-3-20-10-12(9-18-20)16-11-19(6-7-24-16)17(22)14-5-4-13(23-2)8-15(14)21/h4-5,8-10,16,21H,3,6-7,11H2,1-2H3. The van der Waals surface area contributed by atoms with Gasteiger partial charge in [0.05, 0.1) is 32.0 Å². The van der Waals surface area contributed by atoms with Gasteiger partial charge >= 0.3 is 0 Å². The molecular formula is C17H21N3O4. The summed E-state index contributed by atoms with van der Waals surface area (Å²) in [5.41, 5.74) is 1.22. The molecule has 3 rings (SSSR count). The maximum Gasteiger partial charge on any atom is 0.257 e. The molecule has 0 aliphatic carbocycles. The number of aromatic nitrogens is 2. The van der Waals surface area contributed by atoms with Crippen molar-refractivity contribution in [1.82, 2.24) is 14.7 Å². The molecule has 1 fully saturated rings. The van der Waals surface area contributed by atoms with Gasteiger partial charge in [0.1, 0.15) is 17.6 Å². The molecule has 1 saturated heterocycles. The van der Waals surface area contributed by atoms with Crippen LogP contribution in [0.4, 0.5) is 0 Å². The van der Waals surface area contributed by atoms with Crippen molar-refractivity contribution in [1.29, 1.82) is 0 Å². The van der Waals surface area contributed by atoms with Crippen LogP contribution < -0.4 is 4.74 Å². The Bertz CT molecular complexity index is 728. The molecule has 2 aromatic rings. The van der Waals surface area contributed by atoms with Crippen molar-refractivity contribution < 1.29 is 19.4 Å². The number of hydrogen-bond acceptors (Lipinski definition) is 5. The van der Waals surface area contributed by atoms with Crippen LogP contribution in [0.15, 0.2) is 30.6 Å². The first-order valence-corrected chi connectivity index (χ1v) is 7.92. The molecule has 7 nitrogen and oxygen atoms in total. The molecule has 2 heterocycles. The number of morpholine rings is 1. The van der Waals surface area contributed by atoms with Gasteiger partial charge < -0.3 is 19.5 Å². The summed E-state index contributed by atoms with van der Waals surface area (Å²) in [6.45, 7) is 4.17. The van der Waals surface area contributed by atoms with E-state index in [9.17, 15) is 9.90 Å². The van der Waals surface area contributed by atoms with Crippen LogP contribution in [-0.4, -0.2) is 52.5 Å². The lowest BCUT2D eigenvalue weighted by Gasteiger charge is -2.32. The fourth-order valence-electron chi connectivity index (χ4n) is 2.74. The van der Waals surface area contributed by atoms with Gasteiger partial charge in [0, 0.05) is 30.9 Å². The highest BCUT2D eigenvalue weighted by molar-refractivity contribution is 5.97. The summed E-state index contributed by atoms with van der Waals surface area (Å²) in [5, 5.41) is 14.3. The zero-order valence-electron chi connectivity index (χ0n) is 13.8. The smallest absolute Gasteiger partial charge is 0.257 e. The topological polar surface area (TPSA) is 76.8 Å². The Morgan fingerprint density at radius 2 is 2.33 bits per heavy atom. The minimum atomic E-state index is -0.216. The number of carbonyl (C=O) groups excluding carboxylic acids is 1. The Morgan fingerprint density at radius 1 is 1.50 bits per heavy atom. The van der Waals surface area contributed by atoms with E-state index < -0.39 is 0 Å². The number of amides is 1. The molecule has 128 valence electrons. The van der Waals surface area contributed by atoms with E-state index in [0.717, 1.165) is 12.1 Å². The van der Waals surface area contributed by atoms with Crippen molar-refractivity contribution in [3.63, 3.8) is 0 Å². The zero-order valence-corrected chi connectivity index (χ0v) is 13.8. The van der Waals surface area contributed by atoms with E-state index in [1.165, 1.54) is 13.2 Å². The summed E-state index contributed by atoms with van der Waals surface area (Å²) in [4.78, 5) is 14.4. The molecule has 0 saturated carbocycles. The molecule has 1 aromatic carbocycles. The third-order valence-electron chi connectivity index (χ3n) is 4.14. The number of ether oxygens (including phenoxy) is 2. The van der Waals surface area contributed by atoms with Crippen LogP contribution in [0, 0.1) is 0 Å². The molecule has 24 heavy (non-hydrogen) atoms. The Hall–Kier alpha value is -2.54. The van der Waals surface area contributed by atoms with Crippen molar-refractivity contribution >= 4 is 5.91 Å². The van der Waals surface area contributed by atoms with E-state index >= 15 is 0 Å². The summed E-state index contributed by atoms with van der Waals surface area (Å²) in [7, 11) is 1.51. The van der Waals surface area contributed by atoms with Crippen LogP contribution in [0.5, 0.6) is 11.5 Å². The summed E-state index contributed by atoms with van der Waals surface area (Å²) in [5.74, 6) is 0.211. The van der Waals surface area contributed by atoms with Crippen LogP contribution in [0.3, 0.4) is 0 Å². The molecule has 0 spiro atoms. The van der Waals surface area contributed by atoms with E-state index in [-0.39, 0.29) is 23.3 Å². The molecule has 1 unspecified atom stereocenters. The molecule has 1 atom stereocenters. The lowest BCUT2D eigenvalue weighted by Crippen LogP contribution is -2.42. The average Bonchev–Trinajstić information content (AvgIpc) is 3.10. The second-order valence-corrected chi connectivity index (χ2v) is 5.62. The first-order valence-electron chi connectivity index (χ1n) is 7.92. The fraction of sp³-hybridized carbons (Fsp3) is 0.412. The number of phenols is 1. The van der Waals surface area contributed by atoms with Gasteiger partial charge in [0.15, 0.2) is 0 Å². The van der Waals surface area contributed by atoms with Gasteiger partial charge in [-0.15, -0.1) is 0 Å². The highest BCUT2D eigenvalue weighted by atomic mass is 16.5. The third kappa shape index (κ3) is 3.21. The fourth-order valence-corrected chi connectivity index (χ4v) is 2.74. The summed E-state index contributed by atoms with van der Waals surface area (Å²) in [6.07, 6.45) is 3.50. The van der Waals surface area contributed by atoms with Crippen molar-refractivity contribution in [3.05, 3.63) is 41.7 Å². The molecule has 7 heteroatoms. The van der Waals surface area contributed by atoms with Crippen LogP contribution in [0.25, 0.3) is 0 Å².